The predicted molar refractivity (Wildman–Crippen MR) is 70.3 cm³/mol. The van der Waals surface area contributed by atoms with Crippen LogP contribution in [0.15, 0.2) is 11.7 Å². The van der Waals surface area contributed by atoms with Crippen LogP contribution in [0.5, 0.6) is 0 Å². The molecule has 2 rings (SSSR count). The van der Waals surface area contributed by atoms with Gasteiger partial charge >= 0.3 is 0 Å². The van der Waals surface area contributed by atoms with E-state index < -0.39 is 0 Å². The van der Waals surface area contributed by atoms with E-state index in [2.05, 4.69) is 29.0 Å². The Kier molecular flexibility index (Phi) is 4.91. The lowest BCUT2D eigenvalue weighted by atomic mass is 10.2. The van der Waals surface area contributed by atoms with Gasteiger partial charge in [-0.15, -0.1) is 11.3 Å². The summed E-state index contributed by atoms with van der Waals surface area (Å²) in [5.74, 6) is 0. The number of nitrogens with zero attached hydrogens (tertiary/aromatic N) is 2. The number of hydrogen-bond donors (Lipinski definition) is 1. The first-order chi connectivity index (χ1) is 8.25. The fraction of sp³-hybridized carbons (Fsp3) is 0.750. The van der Waals surface area contributed by atoms with Crippen LogP contribution in [0.3, 0.4) is 0 Å². The zero-order valence-electron chi connectivity index (χ0n) is 10.6. The topological polar surface area (TPSA) is 37.4 Å². The molecular weight excluding hydrogens is 234 g/mol. The smallest absolute Gasteiger partial charge is 0.0794 e. The second-order valence-electron chi connectivity index (χ2n) is 4.73. The first-order valence-corrected chi connectivity index (χ1v) is 7.06. The molecule has 2 heterocycles. The van der Waals surface area contributed by atoms with Gasteiger partial charge in [0.2, 0.25) is 0 Å². The fourth-order valence-corrected chi connectivity index (χ4v) is 2.60. The second kappa shape index (κ2) is 6.44. The highest BCUT2D eigenvalue weighted by atomic mass is 32.1. The van der Waals surface area contributed by atoms with E-state index in [-0.39, 0.29) is 0 Å². The Bertz CT molecular complexity index is 316. The van der Waals surface area contributed by atoms with Gasteiger partial charge in [-0.05, 0) is 0 Å². The van der Waals surface area contributed by atoms with E-state index in [1.807, 2.05) is 11.7 Å². The summed E-state index contributed by atoms with van der Waals surface area (Å²) >= 11 is 1.73. The van der Waals surface area contributed by atoms with Gasteiger partial charge in [-0.1, -0.05) is 13.8 Å². The Morgan fingerprint density at radius 1 is 1.65 bits per heavy atom. The van der Waals surface area contributed by atoms with Gasteiger partial charge < -0.3 is 10.1 Å². The van der Waals surface area contributed by atoms with Crippen LogP contribution in [-0.2, 0) is 11.3 Å². The van der Waals surface area contributed by atoms with Crippen LogP contribution in [0.1, 0.15) is 18.7 Å². The third kappa shape index (κ3) is 4.03. The number of hydrogen-bond acceptors (Lipinski definition) is 5. The number of aromatic nitrogens is 1. The molecule has 1 aliphatic rings. The Hall–Kier alpha value is -0.490. The molecule has 1 fully saturated rings. The summed E-state index contributed by atoms with van der Waals surface area (Å²) in [6, 6.07) is 1.01. The largest absolute Gasteiger partial charge is 0.378 e. The van der Waals surface area contributed by atoms with Gasteiger partial charge in [-0.2, -0.15) is 0 Å². The van der Waals surface area contributed by atoms with Crippen molar-refractivity contribution < 1.29 is 4.74 Å². The Morgan fingerprint density at radius 3 is 3.24 bits per heavy atom. The number of nitrogens with one attached hydrogen (secondary N) is 1. The molecule has 5 heteroatoms. The minimum atomic E-state index is 0.480. The van der Waals surface area contributed by atoms with Crippen molar-refractivity contribution >= 4 is 11.3 Å². The SMILES string of the molecule is CC(C)NCC1COCCN1Cc1cncs1. The van der Waals surface area contributed by atoms with Crippen LogP contribution in [0.25, 0.3) is 0 Å². The highest BCUT2D eigenvalue weighted by Gasteiger charge is 2.23. The van der Waals surface area contributed by atoms with E-state index in [0.29, 0.717) is 12.1 Å². The number of thiazole rings is 1. The van der Waals surface area contributed by atoms with Crippen LogP contribution in [0, 0.1) is 0 Å². The van der Waals surface area contributed by atoms with E-state index in [4.69, 9.17) is 4.74 Å². The second-order valence-corrected chi connectivity index (χ2v) is 5.70. The lowest BCUT2D eigenvalue weighted by Crippen LogP contribution is -2.50. The Labute approximate surface area is 107 Å². The predicted octanol–water partition coefficient (Wildman–Crippen LogP) is 1.34. The Balaban J connectivity index is 1.87. The number of morpholine rings is 1. The minimum absolute atomic E-state index is 0.480. The maximum Gasteiger partial charge on any atom is 0.0794 e. The van der Waals surface area contributed by atoms with Gasteiger partial charge in [0.25, 0.3) is 0 Å². The van der Waals surface area contributed by atoms with Crippen molar-refractivity contribution in [2.75, 3.05) is 26.3 Å². The summed E-state index contributed by atoms with van der Waals surface area (Å²) in [7, 11) is 0. The third-order valence-electron chi connectivity index (χ3n) is 2.95. The summed E-state index contributed by atoms with van der Waals surface area (Å²) < 4.78 is 5.57. The monoisotopic (exact) mass is 255 g/mol. The molecular formula is C12H21N3OS. The van der Waals surface area contributed by atoms with Gasteiger partial charge in [0.1, 0.15) is 0 Å². The minimum Gasteiger partial charge on any atom is -0.378 e. The van der Waals surface area contributed by atoms with Crippen LogP contribution < -0.4 is 5.32 Å². The van der Waals surface area contributed by atoms with E-state index in [0.717, 1.165) is 32.8 Å². The van der Waals surface area contributed by atoms with Crippen LogP contribution >= 0.6 is 11.3 Å². The van der Waals surface area contributed by atoms with Crippen molar-refractivity contribution in [2.24, 2.45) is 0 Å². The molecule has 1 saturated heterocycles. The summed E-state index contributed by atoms with van der Waals surface area (Å²) in [5, 5.41) is 3.49. The van der Waals surface area contributed by atoms with E-state index in [1.54, 1.807) is 11.3 Å². The average molecular weight is 255 g/mol. The van der Waals surface area contributed by atoms with Crippen molar-refractivity contribution in [1.29, 1.82) is 0 Å². The van der Waals surface area contributed by atoms with E-state index in [1.165, 1.54) is 4.88 Å². The highest BCUT2D eigenvalue weighted by Crippen LogP contribution is 2.14. The van der Waals surface area contributed by atoms with Gasteiger partial charge in [0.15, 0.2) is 0 Å². The molecule has 0 bridgehead atoms. The standard InChI is InChI=1S/C12H21N3OS/c1-10(2)14-5-11-8-16-4-3-15(11)7-12-6-13-9-17-12/h6,9-11,14H,3-5,7-8H2,1-2H3. The van der Waals surface area contributed by atoms with Gasteiger partial charge in [0, 0.05) is 42.8 Å². The van der Waals surface area contributed by atoms with Crippen molar-refractivity contribution in [3.63, 3.8) is 0 Å². The van der Waals surface area contributed by atoms with Gasteiger partial charge in [-0.3, -0.25) is 9.88 Å². The van der Waals surface area contributed by atoms with Crippen LogP contribution in [-0.4, -0.2) is 48.3 Å². The summed E-state index contributed by atoms with van der Waals surface area (Å²) in [6.07, 6.45) is 1.97. The summed E-state index contributed by atoms with van der Waals surface area (Å²) in [5.41, 5.74) is 1.90. The molecule has 1 aromatic rings. The molecule has 96 valence electrons. The highest BCUT2D eigenvalue weighted by molar-refractivity contribution is 7.09. The molecule has 0 aliphatic carbocycles. The molecule has 0 spiro atoms. The lowest BCUT2D eigenvalue weighted by molar-refractivity contribution is -0.0110. The number of rotatable bonds is 5. The normalized spacial score (nSPS) is 22.2. The zero-order chi connectivity index (χ0) is 12.1. The van der Waals surface area contributed by atoms with Crippen LogP contribution in [0.2, 0.25) is 0 Å². The average Bonchev–Trinajstić information content (AvgIpc) is 2.80. The molecule has 0 amide bonds. The van der Waals surface area contributed by atoms with E-state index in [9.17, 15) is 0 Å². The molecule has 0 radical (unpaired) electrons. The van der Waals surface area contributed by atoms with Crippen molar-refractivity contribution in [3.8, 4) is 0 Å². The first kappa shape index (κ1) is 13.0. The molecule has 0 saturated carbocycles. The number of ether oxygens (including phenoxy) is 1. The molecule has 1 N–H and O–H groups in total. The maximum atomic E-state index is 5.57. The van der Waals surface area contributed by atoms with Gasteiger partial charge in [0.05, 0.1) is 18.7 Å². The first-order valence-electron chi connectivity index (χ1n) is 6.18. The summed E-state index contributed by atoms with van der Waals surface area (Å²) in [4.78, 5) is 7.96. The molecule has 0 aromatic carbocycles. The van der Waals surface area contributed by atoms with Crippen LogP contribution in [0.4, 0.5) is 0 Å². The van der Waals surface area contributed by atoms with Crippen molar-refractivity contribution in [3.05, 3.63) is 16.6 Å². The fourth-order valence-electron chi connectivity index (χ4n) is 1.98. The maximum absolute atomic E-state index is 5.57. The molecule has 17 heavy (non-hydrogen) atoms. The quantitative estimate of drug-likeness (QED) is 0.861. The Morgan fingerprint density at radius 2 is 2.53 bits per heavy atom. The zero-order valence-corrected chi connectivity index (χ0v) is 11.4. The molecule has 1 atom stereocenters. The van der Waals surface area contributed by atoms with E-state index >= 15 is 0 Å². The van der Waals surface area contributed by atoms with Crippen molar-refractivity contribution in [2.45, 2.75) is 32.5 Å². The third-order valence-corrected chi connectivity index (χ3v) is 3.72. The molecule has 4 nitrogen and oxygen atoms in total. The molecule has 1 aromatic heterocycles. The van der Waals surface area contributed by atoms with Crippen molar-refractivity contribution in [1.82, 2.24) is 15.2 Å². The molecule has 1 aliphatic heterocycles. The molecule has 1 unspecified atom stereocenters. The van der Waals surface area contributed by atoms with Gasteiger partial charge in [-0.25, -0.2) is 0 Å². The lowest BCUT2D eigenvalue weighted by Gasteiger charge is -2.35. The summed E-state index contributed by atoms with van der Waals surface area (Å²) in [6.45, 7) is 9.04.